The molecule has 4 heteroatoms. The van der Waals surface area contributed by atoms with Crippen molar-refractivity contribution in [3.8, 4) is 0 Å². The molecule has 0 saturated carbocycles. The number of rotatable bonds is 8. The lowest BCUT2D eigenvalue weighted by Gasteiger charge is -2.07. The van der Waals surface area contributed by atoms with Crippen molar-refractivity contribution in [2.24, 2.45) is 15.7 Å². The number of unbranched alkanes of at least 4 members (excludes halogenated alkanes) is 2. The fraction of sp³-hybridized carbons (Fsp3) is 0.647. The molecule has 0 aliphatic carbocycles. The van der Waals surface area contributed by atoms with Crippen molar-refractivity contribution in [2.75, 3.05) is 0 Å². The molecule has 0 amide bonds. The summed E-state index contributed by atoms with van der Waals surface area (Å²) in [5.74, 6) is 0.448. The van der Waals surface area contributed by atoms with Gasteiger partial charge in [-0.1, -0.05) is 46.6 Å². The second-order valence-electron chi connectivity index (χ2n) is 4.47. The second kappa shape index (κ2) is 15.4. The van der Waals surface area contributed by atoms with Gasteiger partial charge in [0, 0.05) is 6.21 Å². The van der Waals surface area contributed by atoms with Gasteiger partial charge in [0.15, 0.2) is 5.84 Å². The first-order valence-electron chi connectivity index (χ1n) is 7.98. The average molecular weight is 312 g/mol. The Balaban J connectivity index is 0. The van der Waals surface area contributed by atoms with Crippen LogP contribution in [-0.2, 0) is 0 Å². The Morgan fingerprint density at radius 2 is 1.81 bits per heavy atom. The highest BCUT2D eigenvalue weighted by Gasteiger charge is 2.06. The molecule has 0 spiro atoms. The van der Waals surface area contributed by atoms with Gasteiger partial charge in [-0.05, 0) is 38.7 Å². The fourth-order valence-electron chi connectivity index (χ4n) is 1.58. The minimum Gasteiger partial charge on any atom is -0.382 e. The maximum atomic E-state index is 6.04. The number of hydrogen-bond acceptors (Lipinski definition) is 3. The van der Waals surface area contributed by atoms with Gasteiger partial charge in [0.2, 0.25) is 0 Å². The van der Waals surface area contributed by atoms with Gasteiger partial charge in [-0.15, -0.1) is 12.6 Å². The quantitative estimate of drug-likeness (QED) is 0.347. The van der Waals surface area contributed by atoms with Crippen LogP contribution < -0.4 is 5.73 Å². The maximum Gasteiger partial charge on any atom is 0.150 e. The van der Waals surface area contributed by atoms with E-state index in [-0.39, 0.29) is 0 Å². The van der Waals surface area contributed by atoms with Gasteiger partial charge >= 0.3 is 0 Å². The molecule has 0 heterocycles. The van der Waals surface area contributed by atoms with Crippen LogP contribution in [0.15, 0.2) is 32.4 Å². The summed E-state index contributed by atoms with van der Waals surface area (Å²) in [5, 5.41) is 0.659. The van der Waals surface area contributed by atoms with E-state index in [0.29, 0.717) is 10.9 Å². The molecule has 0 aliphatic rings. The number of amidine groups is 1. The Bertz CT molecular complexity index is 379. The van der Waals surface area contributed by atoms with Gasteiger partial charge in [-0.25, -0.2) is 4.99 Å². The van der Waals surface area contributed by atoms with E-state index < -0.39 is 0 Å². The third-order valence-corrected chi connectivity index (χ3v) is 2.94. The lowest BCUT2D eigenvalue weighted by molar-refractivity contribution is 0.783. The molecular weight excluding hydrogens is 278 g/mol. The minimum atomic E-state index is 0.448. The summed E-state index contributed by atoms with van der Waals surface area (Å²) in [4.78, 5) is 8.66. The average Bonchev–Trinajstić information content (AvgIpc) is 2.49. The largest absolute Gasteiger partial charge is 0.382 e. The van der Waals surface area contributed by atoms with Crippen LogP contribution in [0, 0.1) is 0 Å². The zero-order valence-corrected chi connectivity index (χ0v) is 15.5. The Morgan fingerprint density at radius 3 is 2.29 bits per heavy atom. The van der Waals surface area contributed by atoms with E-state index in [9.17, 15) is 0 Å². The molecule has 0 rings (SSSR count). The standard InChI is InChI=1S/C15H27N3S.C2H6/c1-5-8-10-12(4)14(17-7-3)15(16)18-13(19)11-9-6-2;1-2/h7,11,19H,5-6,8-10H2,1-4H3,(H2,16,18);1-2H3/b13-11-,14-12-,17-7?;. The van der Waals surface area contributed by atoms with Crippen LogP contribution in [-0.4, -0.2) is 12.1 Å². The highest BCUT2D eigenvalue weighted by Crippen LogP contribution is 2.15. The summed E-state index contributed by atoms with van der Waals surface area (Å²) in [7, 11) is 0. The molecule has 0 aromatic heterocycles. The zero-order valence-electron chi connectivity index (χ0n) is 14.6. The van der Waals surface area contributed by atoms with Crippen LogP contribution >= 0.6 is 12.6 Å². The topological polar surface area (TPSA) is 50.7 Å². The fourth-order valence-corrected chi connectivity index (χ4v) is 1.82. The van der Waals surface area contributed by atoms with E-state index >= 15 is 0 Å². The van der Waals surface area contributed by atoms with Crippen LogP contribution in [0.2, 0.25) is 0 Å². The third kappa shape index (κ3) is 11.3. The summed E-state index contributed by atoms with van der Waals surface area (Å²) in [6.07, 6.45) is 9.06. The van der Waals surface area contributed by atoms with Crippen LogP contribution in [0.1, 0.15) is 73.6 Å². The molecular formula is C17H33N3S. The summed E-state index contributed by atoms with van der Waals surface area (Å²) in [6.45, 7) is 12.2. The SMILES string of the molecule is CC.CC=NC(=C(/C)CCCC)/C(N)=N\C(S)=C\CCC. The molecule has 122 valence electrons. The van der Waals surface area contributed by atoms with Crippen molar-refractivity contribution in [3.63, 3.8) is 0 Å². The highest BCUT2D eigenvalue weighted by molar-refractivity contribution is 7.84. The first kappa shape index (κ1) is 22.3. The summed E-state index contributed by atoms with van der Waals surface area (Å²) < 4.78 is 0. The number of nitrogens with two attached hydrogens (primary N) is 1. The zero-order chi connectivity index (χ0) is 16.7. The van der Waals surface area contributed by atoms with Gasteiger partial charge in [0.05, 0.1) is 5.03 Å². The number of nitrogens with zero attached hydrogens (tertiary/aromatic N) is 2. The van der Waals surface area contributed by atoms with E-state index in [2.05, 4.69) is 43.4 Å². The van der Waals surface area contributed by atoms with E-state index in [0.717, 1.165) is 37.8 Å². The molecule has 0 aromatic rings. The number of thiol groups is 1. The number of hydrogen-bond donors (Lipinski definition) is 2. The molecule has 0 aliphatic heterocycles. The van der Waals surface area contributed by atoms with Gasteiger partial charge in [-0.3, -0.25) is 4.99 Å². The Labute approximate surface area is 136 Å². The van der Waals surface area contributed by atoms with Gasteiger partial charge in [0.1, 0.15) is 5.70 Å². The molecule has 0 unspecified atom stereocenters. The van der Waals surface area contributed by atoms with Crippen molar-refractivity contribution in [3.05, 3.63) is 22.4 Å². The van der Waals surface area contributed by atoms with E-state index in [4.69, 9.17) is 5.73 Å². The summed E-state index contributed by atoms with van der Waals surface area (Å²) in [5.41, 5.74) is 8.00. The van der Waals surface area contributed by atoms with Crippen molar-refractivity contribution in [1.82, 2.24) is 0 Å². The smallest absolute Gasteiger partial charge is 0.150 e. The van der Waals surface area contributed by atoms with Gasteiger partial charge < -0.3 is 5.73 Å². The molecule has 3 nitrogen and oxygen atoms in total. The molecule has 0 aromatic carbocycles. The normalized spacial score (nSPS) is 13.9. The number of allylic oxidation sites excluding steroid dienone is 2. The van der Waals surface area contributed by atoms with Crippen molar-refractivity contribution in [1.29, 1.82) is 0 Å². The lowest BCUT2D eigenvalue weighted by Crippen LogP contribution is -2.15. The summed E-state index contributed by atoms with van der Waals surface area (Å²) in [6, 6.07) is 0. The van der Waals surface area contributed by atoms with Crippen molar-refractivity contribution >= 4 is 24.7 Å². The molecule has 21 heavy (non-hydrogen) atoms. The molecule has 0 atom stereocenters. The molecule has 0 fully saturated rings. The minimum absolute atomic E-state index is 0.448. The Kier molecular flexibility index (Phi) is 16.3. The Morgan fingerprint density at radius 1 is 1.19 bits per heavy atom. The second-order valence-corrected chi connectivity index (χ2v) is 4.93. The lowest BCUT2D eigenvalue weighted by atomic mass is 10.1. The molecule has 0 bridgehead atoms. The van der Waals surface area contributed by atoms with Gasteiger partial charge in [0.25, 0.3) is 0 Å². The number of aliphatic imine (C=N–C) groups is 2. The molecule has 2 N–H and O–H groups in total. The van der Waals surface area contributed by atoms with E-state index in [1.54, 1.807) is 6.21 Å². The highest BCUT2D eigenvalue weighted by atomic mass is 32.1. The van der Waals surface area contributed by atoms with Crippen molar-refractivity contribution in [2.45, 2.75) is 73.6 Å². The Hall–Kier alpha value is -1.03. The van der Waals surface area contributed by atoms with Crippen molar-refractivity contribution < 1.29 is 0 Å². The van der Waals surface area contributed by atoms with Crippen LogP contribution in [0.25, 0.3) is 0 Å². The third-order valence-electron chi connectivity index (χ3n) is 2.66. The predicted molar refractivity (Wildman–Crippen MR) is 101 cm³/mol. The first-order valence-corrected chi connectivity index (χ1v) is 8.43. The molecule has 0 radical (unpaired) electrons. The molecule has 0 saturated heterocycles. The van der Waals surface area contributed by atoms with Gasteiger partial charge in [-0.2, -0.15) is 0 Å². The van der Waals surface area contributed by atoms with E-state index in [1.165, 1.54) is 5.57 Å². The van der Waals surface area contributed by atoms with Crippen LogP contribution in [0.3, 0.4) is 0 Å². The predicted octanol–water partition coefficient (Wildman–Crippen LogP) is 5.50. The first-order chi connectivity index (χ1) is 10.1. The monoisotopic (exact) mass is 311 g/mol. The maximum absolute atomic E-state index is 6.04. The summed E-state index contributed by atoms with van der Waals surface area (Å²) >= 11 is 4.32. The van der Waals surface area contributed by atoms with Crippen LogP contribution in [0.5, 0.6) is 0 Å². The van der Waals surface area contributed by atoms with Crippen LogP contribution in [0.4, 0.5) is 0 Å². The van der Waals surface area contributed by atoms with E-state index in [1.807, 2.05) is 26.8 Å².